The van der Waals surface area contributed by atoms with E-state index in [-0.39, 0.29) is 0 Å². The fourth-order valence-corrected chi connectivity index (χ4v) is 3.14. The van der Waals surface area contributed by atoms with E-state index in [0.29, 0.717) is 17.6 Å². The standard InChI is InChI=1S/C12H21NO/c1-9(2)12-5-10(3)7-13(12)8-11(6-12)14-4/h9,11H,3,5-8H2,1-2,4H3/t11-,12-/m1/s1. The maximum atomic E-state index is 5.49. The Morgan fingerprint density at radius 2 is 2.29 bits per heavy atom. The van der Waals surface area contributed by atoms with Crippen LogP contribution < -0.4 is 0 Å². The van der Waals surface area contributed by atoms with E-state index in [0.717, 1.165) is 13.1 Å². The third-order valence-electron chi connectivity index (χ3n) is 4.01. The summed E-state index contributed by atoms with van der Waals surface area (Å²) < 4.78 is 5.49. The second-order valence-electron chi connectivity index (χ2n) is 5.13. The molecule has 2 nitrogen and oxygen atoms in total. The van der Waals surface area contributed by atoms with Crippen LogP contribution in [0.25, 0.3) is 0 Å². The van der Waals surface area contributed by atoms with E-state index in [1.165, 1.54) is 18.4 Å². The monoisotopic (exact) mass is 195 g/mol. The molecule has 0 aromatic heterocycles. The fourth-order valence-electron chi connectivity index (χ4n) is 3.14. The third-order valence-corrected chi connectivity index (χ3v) is 4.01. The molecule has 2 saturated heterocycles. The number of ether oxygens (including phenoxy) is 1. The molecule has 0 aromatic rings. The maximum absolute atomic E-state index is 5.49. The topological polar surface area (TPSA) is 12.5 Å². The van der Waals surface area contributed by atoms with E-state index < -0.39 is 0 Å². The smallest absolute Gasteiger partial charge is 0.0716 e. The van der Waals surface area contributed by atoms with Crippen molar-refractivity contribution in [2.24, 2.45) is 5.92 Å². The normalized spacial score (nSPS) is 38.3. The van der Waals surface area contributed by atoms with Crippen molar-refractivity contribution >= 4 is 0 Å². The lowest BCUT2D eigenvalue weighted by Crippen LogP contribution is -2.42. The van der Waals surface area contributed by atoms with Gasteiger partial charge in [-0.15, -0.1) is 0 Å². The van der Waals surface area contributed by atoms with Gasteiger partial charge in [0.1, 0.15) is 0 Å². The molecule has 0 saturated carbocycles. The second kappa shape index (κ2) is 3.35. The van der Waals surface area contributed by atoms with Crippen LogP contribution in [0.5, 0.6) is 0 Å². The lowest BCUT2D eigenvalue weighted by Gasteiger charge is -2.35. The Morgan fingerprint density at radius 1 is 1.57 bits per heavy atom. The van der Waals surface area contributed by atoms with Gasteiger partial charge in [-0.2, -0.15) is 0 Å². The molecule has 2 aliphatic heterocycles. The van der Waals surface area contributed by atoms with Gasteiger partial charge in [-0.25, -0.2) is 0 Å². The van der Waals surface area contributed by atoms with Gasteiger partial charge < -0.3 is 4.74 Å². The van der Waals surface area contributed by atoms with E-state index in [9.17, 15) is 0 Å². The van der Waals surface area contributed by atoms with Crippen LogP contribution in [-0.2, 0) is 4.74 Å². The van der Waals surface area contributed by atoms with Crippen molar-refractivity contribution in [3.63, 3.8) is 0 Å². The molecule has 2 atom stereocenters. The second-order valence-corrected chi connectivity index (χ2v) is 5.13. The molecule has 0 unspecified atom stereocenters. The summed E-state index contributed by atoms with van der Waals surface area (Å²) in [5, 5.41) is 0. The van der Waals surface area contributed by atoms with Gasteiger partial charge in [-0.05, 0) is 18.8 Å². The van der Waals surface area contributed by atoms with Crippen LogP contribution in [0.2, 0.25) is 0 Å². The Balaban J connectivity index is 2.21. The molecule has 0 spiro atoms. The molecule has 2 aliphatic rings. The predicted molar refractivity (Wildman–Crippen MR) is 58.3 cm³/mol. The minimum atomic E-state index is 0.359. The van der Waals surface area contributed by atoms with Gasteiger partial charge in [0.25, 0.3) is 0 Å². The first-order chi connectivity index (χ1) is 6.58. The van der Waals surface area contributed by atoms with Gasteiger partial charge in [0.05, 0.1) is 6.10 Å². The number of fused-ring (bicyclic) bond motifs is 1. The number of methoxy groups -OCH3 is 1. The first-order valence-electron chi connectivity index (χ1n) is 5.53. The Labute approximate surface area is 86.9 Å². The van der Waals surface area contributed by atoms with Crippen LogP contribution in [-0.4, -0.2) is 36.7 Å². The summed E-state index contributed by atoms with van der Waals surface area (Å²) in [6, 6.07) is 0. The van der Waals surface area contributed by atoms with E-state index in [1.807, 2.05) is 7.11 Å². The summed E-state index contributed by atoms with van der Waals surface area (Å²) in [7, 11) is 1.83. The highest BCUT2D eigenvalue weighted by Gasteiger charge is 2.51. The summed E-state index contributed by atoms with van der Waals surface area (Å²) in [5.74, 6) is 0.696. The minimum absolute atomic E-state index is 0.359. The number of hydrogen-bond acceptors (Lipinski definition) is 2. The van der Waals surface area contributed by atoms with Crippen LogP contribution in [0.4, 0.5) is 0 Å². The zero-order chi connectivity index (χ0) is 10.3. The Morgan fingerprint density at radius 3 is 2.79 bits per heavy atom. The molecule has 0 N–H and O–H groups in total. The molecule has 0 aliphatic carbocycles. The van der Waals surface area contributed by atoms with Gasteiger partial charge >= 0.3 is 0 Å². The predicted octanol–water partition coefficient (Wildman–Crippen LogP) is 2.06. The quantitative estimate of drug-likeness (QED) is 0.625. The minimum Gasteiger partial charge on any atom is -0.380 e. The first-order valence-corrected chi connectivity index (χ1v) is 5.53. The summed E-state index contributed by atoms with van der Waals surface area (Å²) in [6.45, 7) is 11.0. The maximum Gasteiger partial charge on any atom is 0.0716 e. The molecular formula is C12H21NO. The average Bonchev–Trinajstić information content (AvgIpc) is 2.57. The Bertz CT molecular complexity index is 249. The van der Waals surface area contributed by atoms with Crippen LogP contribution in [0, 0.1) is 5.92 Å². The molecule has 2 heteroatoms. The Hall–Kier alpha value is -0.340. The van der Waals surface area contributed by atoms with Crippen molar-refractivity contribution in [3.8, 4) is 0 Å². The van der Waals surface area contributed by atoms with Gasteiger partial charge in [0.2, 0.25) is 0 Å². The molecular weight excluding hydrogens is 174 g/mol. The zero-order valence-corrected chi connectivity index (χ0v) is 9.55. The van der Waals surface area contributed by atoms with E-state index in [1.54, 1.807) is 0 Å². The van der Waals surface area contributed by atoms with E-state index in [4.69, 9.17) is 4.74 Å². The van der Waals surface area contributed by atoms with Gasteiger partial charge in [-0.3, -0.25) is 4.90 Å². The van der Waals surface area contributed by atoms with Crippen molar-refractivity contribution in [1.82, 2.24) is 4.90 Å². The lowest BCUT2D eigenvalue weighted by atomic mass is 9.81. The highest BCUT2D eigenvalue weighted by Crippen LogP contribution is 2.46. The van der Waals surface area contributed by atoms with Crippen LogP contribution >= 0.6 is 0 Å². The third kappa shape index (κ3) is 1.32. The van der Waals surface area contributed by atoms with Crippen molar-refractivity contribution in [2.45, 2.75) is 38.3 Å². The van der Waals surface area contributed by atoms with Crippen molar-refractivity contribution < 1.29 is 4.74 Å². The first kappa shape index (κ1) is 10.2. The van der Waals surface area contributed by atoms with Crippen molar-refractivity contribution in [2.75, 3.05) is 20.2 Å². The van der Waals surface area contributed by atoms with Crippen molar-refractivity contribution in [3.05, 3.63) is 12.2 Å². The molecule has 0 bridgehead atoms. The van der Waals surface area contributed by atoms with Crippen molar-refractivity contribution in [1.29, 1.82) is 0 Å². The van der Waals surface area contributed by atoms with Gasteiger partial charge in [-0.1, -0.05) is 26.0 Å². The van der Waals surface area contributed by atoms with E-state index in [2.05, 4.69) is 25.3 Å². The molecule has 14 heavy (non-hydrogen) atoms. The number of nitrogens with zero attached hydrogens (tertiary/aromatic N) is 1. The number of hydrogen-bond donors (Lipinski definition) is 0. The van der Waals surface area contributed by atoms with Gasteiger partial charge in [0.15, 0.2) is 0 Å². The molecule has 2 rings (SSSR count). The highest BCUT2D eigenvalue weighted by molar-refractivity contribution is 5.19. The summed E-state index contributed by atoms with van der Waals surface area (Å²) in [5.41, 5.74) is 1.76. The van der Waals surface area contributed by atoms with E-state index >= 15 is 0 Å². The Kier molecular flexibility index (Phi) is 2.44. The van der Waals surface area contributed by atoms with Crippen LogP contribution in [0.15, 0.2) is 12.2 Å². The van der Waals surface area contributed by atoms with Crippen LogP contribution in [0.1, 0.15) is 26.7 Å². The molecule has 2 fully saturated rings. The number of rotatable bonds is 2. The summed E-state index contributed by atoms with van der Waals surface area (Å²) in [4.78, 5) is 2.58. The largest absolute Gasteiger partial charge is 0.380 e. The van der Waals surface area contributed by atoms with Gasteiger partial charge in [0, 0.05) is 25.7 Å². The van der Waals surface area contributed by atoms with Crippen LogP contribution in [0.3, 0.4) is 0 Å². The zero-order valence-electron chi connectivity index (χ0n) is 9.55. The fraction of sp³-hybridized carbons (Fsp3) is 0.833. The SMILES string of the molecule is C=C1CN2C[C@H](OC)C[C@@]2(C(C)C)C1. The average molecular weight is 195 g/mol. The molecule has 0 radical (unpaired) electrons. The lowest BCUT2D eigenvalue weighted by molar-refractivity contribution is 0.107. The summed E-state index contributed by atoms with van der Waals surface area (Å²) in [6.07, 6.45) is 2.79. The highest BCUT2D eigenvalue weighted by atomic mass is 16.5. The summed E-state index contributed by atoms with van der Waals surface area (Å²) >= 11 is 0. The molecule has 0 aromatic carbocycles. The molecule has 2 heterocycles. The molecule has 0 amide bonds. The molecule has 80 valence electrons.